The number of fused-ring (bicyclic) bond motifs is 3. The predicted molar refractivity (Wildman–Crippen MR) is 124 cm³/mol. The van der Waals surface area contributed by atoms with Gasteiger partial charge in [0.15, 0.2) is 23.0 Å². The molecule has 0 spiro atoms. The average molecular weight is 425 g/mol. The Balaban J connectivity index is 1.50. The van der Waals surface area contributed by atoms with Crippen molar-refractivity contribution in [2.45, 2.75) is 19.4 Å². The molecule has 0 aromatic heterocycles. The van der Waals surface area contributed by atoms with Crippen molar-refractivity contribution in [1.29, 1.82) is 0 Å². The molecule has 0 atom stereocenters. The van der Waals surface area contributed by atoms with Crippen LogP contribution in [0.25, 0.3) is 17.3 Å². The molecule has 5 heteroatoms. The van der Waals surface area contributed by atoms with E-state index < -0.39 is 0 Å². The molecule has 3 aromatic carbocycles. The lowest BCUT2D eigenvalue weighted by atomic mass is 9.83. The van der Waals surface area contributed by atoms with Crippen LogP contribution in [0.5, 0.6) is 23.0 Å². The molecule has 0 radical (unpaired) electrons. The van der Waals surface area contributed by atoms with Gasteiger partial charge in [0.05, 0.1) is 0 Å². The number of allylic oxidation sites excluding steroid dienone is 1. The highest BCUT2D eigenvalue weighted by atomic mass is 16.7. The second-order valence-electron chi connectivity index (χ2n) is 8.02. The van der Waals surface area contributed by atoms with E-state index in [9.17, 15) is 0 Å². The first-order valence-electron chi connectivity index (χ1n) is 10.8. The van der Waals surface area contributed by atoms with Gasteiger partial charge >= 0.3 is 0 Å². The minimum Gasteiger partial charge on any atom is -0.454 e. The van der Waals surface area contributed by atoms with Crippen molar-refractivity contribution in [2.24, 2.45) is 0 Å². The lowest BCUT2D eigenvalue weighted by molar-refractivity contribution is 0.173. The first kappa shape index (κ1) is 18.9. The Morgan fingerprint density at radius 2 is 1.59 bits per heavy atom. The van der Waals surface area contributed by atoms with Gasteiger partial charge in [0, 0.05) is 23.4 Å². The van der Waals surface area contributed by atoms with Crippen LogP contribution in [0.3, 0.4) is 0 Å². The Labute approximate surface area is 186 Å². The Bertz CT molecular complexity index is 1250. The molecule has 3 aromatic rings. The molecule has 1 aliphatic carbocycles. The van der Waals surface area contributed by atoms with Crippen molar-refractivity contribution in [3.05, 3.63) is 89.0 Å². The minimum atomic E-state index is 0.240. The molecule has 2 aliphatic heterocycles. The fraction of sp³-hybridized carbons (Fsp3) is 0.185. The molecule has 0 bridgehead atoms. The van der Waals surface area contributed by atoms with Gasteiger partial charge in [-0.3, -0.25) is 0 Å². The monoisotopic (exact) mass is 425 g/mol. The molecule has 0 saturated heterocycles. The molecule has 0 unspecified atom stereocenters. The second kappa shape index (κ2) is 7.68. The van der Waals surface area contributed by atoms with Gasteiger partial charge in [0.1, 0.15) is 0 Å². The van der Waals surface area contributed by atoms with E-state index in [-0.39, 0.29) is 13.6 Å². The molecule has 1 N–H and O–H groups in total. The van der Waals surface area contributed by atoms with Gasteiger partial charge in [-0.05, 0) is 53.3 Å². The first-order chi connectivity index (χ1) is 15.8. The molecular formula is C27H23NO4. The molecule has 160 valence electrons. The Morgan fingerprint density at radius 1 is 0.812 bits per heavy atom. The topological polar surface area (TPSA) is 49.0 Å². The number of ether oxygens (including phenoxy) is 4. The first-order valence-corrected chi connectivity index (χ1v) is 10.8. The molecule has 5 nitrogen and oxygen atoms in total. The highest BCUT2D eigenvalue weighted by Gasteiger charge is 2.28. The summed E-state index contributed by atoms with van der Waals surface area (Å²) in [7, 11) is 0. The van der Waals surface area contributed by atoms with Crippen LogP contribution in [0.4, 0.5) is 0 Å². The SMILES string of the molecule is C=Cc1c(C2=C(NCc3ccccc3)c3cc4c(cc3CC2)OCO4)ccc2c1OCO2. The standard InChI is InChI=1S/C27H23NO4/c1-2-19-20(10-11-23-27(19)32-16-29-23)21-9-8-18-12-24-25(31-15-30-24)13-22(18)26(21)28-14-17-6-4-3-5-7-17/h2-7,10-13,28H,1,8-9,14-16H2. The van der Waals surface area contributed by atoms with E-state index in [4.69, 9.17) is 18.9 Å². The van der Waals surface area contributed by atoms with Gasteiger partial charge in [-0.25, -0.2) is 0 Å². The molecule has 32 heavy (non-hydrogen) atoms. The van der Waals surface area contributed by atoms with Gasteiger partial charge in [-0.2, -0.15) is 0 Å². The fourth-order valence-corrected chi connectivity index (χ4v) is 4.69. The summed E-state index contributed by atoms with van der Waals surface area (Å²) in [4.78, 5) is 0. The third-order valence-corrected chi connectivity index (χ3v) is 6.23. The number of aryl methyl sites for hydroxylation is 1. The smallest absolute Gasteiger partial charge is 0.231 e. The van der Waals surface area contributed by atoms with Crippen LogP contribution in [0.15, 0.2) is 61.2 Å². The number of rotatable bonds is 5. The Hall–Kier alpha value is -3.86. The fourth-order valence-electron chi connectivity index (χ4n) is 4.69. The van der Waals surface area contributed by atoms with E-state index in [1.807, 2.05) is 18.2 Å². The number of nitrogens with one attached hydrogen (secondary N) is 1. The van der Waals surface area contributed by atoms with Crippen LogP contribution in [0.2, 0.25) is 0 Å². The van der Waals surface area contributed by atoms with E-state index >= 15 is 0 Å². The Kier molecular flexibility index (Phi) is 4.53. The maximum absolute atomic E-state index is 5.77. The zero-order valence-electron chi connectivity index (χ0n) is 17.6. The average Bonchev–Trinajstić information content (AvgIpc) is 3.50. The summed E-state index contributed by atoms with van der Waals surface area (Å²) in [5.74, 6) is 3.15. The van der Waals surface area contributed by atoms with E-state index in [0.29, 0.717) is 0 Å². The molecule has 2 heterocycles. The number of hydrogen-bond donors (Lipinski definition) is 1. The number of benzene rings is 3. The van der Waals surface area contributed by atoms with Crippen LogP contribution in [-0.2, 0) is 13.0 Å². The zero-order chi connectivity index (χ0) is 21.5. The van der Waals surface area contributed by atoms with E-state index in [0.717, 1.165) is 64.8 Å². The van der Waals surface area contributed by atoms with Crippen molar-refractivity contribution >= 4 is 17.3 Å². The van der Waals surface area contributed by atoms with E-state index in [2.05, 4.69) is 54.4 Å². The lowest BCUT2D eigenvalue weighted by Crippen LogP contribution is -2.18. The van der Waals surface area contributed by atoms with Crippen molar-refractivity contribution in [3.8, 4) is 23.0 Å². The molecule has 0 saturated carbocycles. The summed E-state index contributed by atoms with van der Waals surface area (Å²) >= 11 is 0. The van der Waals surface area contributed by atoms with Gasteiger partial charge < -0.3 is 24.3 Å². The van der Waals surface area contributed by atoms with Gasteiger partial charge in [-0.15, -0.1) is 0 Å². The Morgan fingerprint density at radius 3 is 2.44 bits per heavy atom. The van der Waals surface area contributed by atoms with Crippen molar-refractivity contribution < 1.29 is 18.9 Å². The zero-order valence-corrected chi connectivity index (χ0v) is 17.6. The second-order valence-corrected chi connectivity index (χ2v) is 8.02. The summed E-state index contributed by atoms with van der Waals surface area (Å²) in [5, 5.41) is 3.73. The quantitative estimate of drug-likeness (QED) is 0.594. The summed E-state index contributed by atoms with van der Waals surface area (Å²) in [5.41, 5.74) is 8.06. The highest BCUT2D eigenvalue weighted by molar-refractivity contribution is 5.96. The van der Waals surface area contributed by atoms with Crippen LogP contribution in [-0.4, -0.2) is 13.6 Å². The number of hydrogen-bond acceptors (Lipinski definition) is 5. The molecule has 0 amide bonds. The lowest BCUT2D eigenvalue weighted by Gasteiger charge is -2.26. The van der Waals surface area contributed by atoms with Crippen LogP contribution < -0.4 is 24.3 Å². The molecule has 6 rings (SSSR count). The largest absolute Gasteiger partial charge is 0.454 e. The van der Waals surface area contributed by atoms with Crippen LogP contribution in [0, 0.1) is 0 Å². The van der Waals surface area contributed by atoms with Crippen molar-refractivity contribution in [2.75, 3.05) is 13.6 Å². The molecule has 3 aliphatic rings. The van der Waals surface area contributed by atoms with E-state index in [1.165, 1.54) is 16.7 Å². The minimum absolute atomic E-state index is 0.240. The van der Waals surface area contributed by atoms with Gasteiger partial charge in [0.25, 0.3) is 0 Å². The van der Waals surface area contributed by atoms with Gasteiger partial charge in [0.2, 0.25) is 13.6 Å². The third kappa shape index (κ3) is 3.09. The van der Waals surface area contributed by atoms with Crippen LogP contribution in [0.1, 0.15) is 34.2 Å². The van der Waals surface area contributed by atoms with E-state index in [1.54, 1.807) is 0 Å². The maximum Gasteiger partial charge on any atom is 0.231 e. The predicted octanol–water partition coefficient (Wildman–Crippen LogP) is 5.39. The third-order valence-electron chi connectivity index (χ3n) is 6.23. The highest BCUT2D eigenvalue weighted by Crippen LogP contribution is 2.46. The summed E-state index contributed by atoms with van der Waals surface area (Å²) in [6.07, 6.45) is 3.67. The normalized spacial score (nSPS) is 15.5. The summed E-state index contributed by atoms with van der Waals surface area (Å²) in [6.45, 7) is 5.29. The summed E-state index contributed by atoms with van der Waals surface area (Å²) in [6, 6.07) is 18.7. The van der Waals surface area contributed by atoms with Gasteiger partial charge in [-0.1, -0.05) is 49.1 Å². The van der Waals surface area contributed by atoms with Crippen molar-refractivity contribution in [1.82, 2.24) is 5.32 Å². The summed E-state index contributed by atoms with van der Waals surface area (Å²) < 4.78 is 22.7. The molecule has 0 fully saturated rings. The van der Waals surface area contributed by atoms with Crippen molar-refractivity contribution in [3.63, 3.8) is 0 Å². The maximum atomic E-state index is 5.77. The molecular weight excluding hydrogens is 402 g/mol. The van der Waals surface area contributed by atoms with Crippen LogP contribution >= 0.6 is 0 Å².